The summed E-state index contributed by atoms with van der Waals surface area (Å²) >= 11 is 6.40. The van der Waals surface area contributed by atoms with Crippen molar-refractivity contribution < 1.29 is 4.79 Å². The summed E-state index contributed by atoms with van der Waals surface area (Å²) in [6.07, 6.45) is 12.6. The van der Waals surface area contributed by atoms with Gasteiger partial charge in [-0.25, -0.2) is 9.07 Å². The molecule has 208 valence electrons. The molecule has 1 atom stereocenters. The highest BCUT2D eigenvalue weighted by molar-refractivity contribution is 8.00. The van der Waals surface area contributed by atoms with Gasteiger partial charge in [-0.1, -0.05) is 43.2 Å². The molecule has 2 aliphatic carbocycles. The van der Waals surface area contributed by atoms with Gasteiger partial charge in [0.2, 0.25) is 0 Å². The van der Waals surface area contributed by atoms with E-state index >= 15 is 0 Å². The lowest BCUT2D eigenvalue weighted by molar-refractivity contribution is -0.115. The first-order valence-electron chi connectivity index (χ1n) is 14.8. The van der Waals surface area contributed by atoms with Gasteiger partial charge in [-0.05, 0) is 99.9 Å². The van der Waals surface area contributed by atoms with Gasteiger partial charge in [0, 0.05) is 35.5 Å². The van der Waals surface area contributed by atoms with Crippen molar-refractivity contribution in [1.29, 1.82) is 0 Å². The number of thiol groups is 1. The first-order valence-corrected chi connectivity index (χ1v) is 16.1. The lowest BCUT2D eigenvalue weighted by Gasteiger charge is -2.24. The summed E-state index contributed by atoms with van der Waals surface area (Å²) in [5.74, 6) is 2.44. The van der Waals surface area contributed by atoms with E-state index in [-0.39, 0.29) is 5.91 Å². The SMILES string of the molecule is BCCC(=C)C(=O)N(CCCCCc1cc(C2CC2)n(S)n1)c1cccc(-c2cnc3c(c2)SC(C2CC2)N3)c1. The number of aromatic nitrogens is 3. The van der Waals surface area contributed by atoms with Gasteiger partial charge in [0.1, 0.15) is 13.7 Å². The number of thioether (sulfide) groups is 1. The Labute approximate surface area is 248 Å². The largest absolute Gasteiger partial charge is 0.357 e. The highest BCUT2D eigenvalue weighted by Crippen LogP contribution is 2.48. The van der Waals surface area contributed by atoms with Crippen LogP contribution in [0.2, 0.25) is 6.32 Å². The minimum absolute atomic E-state index is 0.0287. The van der Waals surface area contributed by atoms with Gasteiger partial charge in [-0.15, -0.1) is 0 Å². The topological polar surface area (TPSA) is 63.1 Å². The molecular weight excluding hydrogens is 533 g/mol. The number of amides is 1. The molecule has 3 aliphatic rings. The lowest BCUT2D eigenvalue weighted by atomic mass is 9.97. The van der Waals surface area contributed by atoms with Gasteiger partial charge in [0.15, 0.2) is 0 Å². The van der Waals surface area contributed by atoms with E-state index in [4.69, 9.17) is 4.98 Å². The van der Waals surface area contributed by atoms with Crippen molar-refractivity contribution in [2.24, 2.45) is 5.92 Å². The fourth-order valence-electron chi connectivity index (χ4n) is 5.49. The lowest BCUT2D eigenvalue weighted by Crippen LogP contribution is -2.33. The molecule has 0 bridgehead atoms. The Hall–Kier alpha value is -2.65. The number of benzene rings is 1. The number of carbonyl (C=O) groups excluding carboxylic acids is 1. The van der Waals surface area contributed by atoms with Crippen LogP contribution in [0.5, 0.6) is 0 Å². The van der Waals surface area contributed by atoms with Crippen LogP contribution in [0, 0.1) is 5.92 Å². The number of nitrogens with zero attached hydrogens (tertiary/aromatic N) is 4. The minimum atomic E-state index is 0.0287. The maximum absolute atomic E-state index is 13.5. The average Bonchev–Trinajstić information content (AvgIpc) is 3.90. The Balaban J connectivity index is 1.12. The van der Waals surface area contributed by atoms with Crippen LogP contribution in [0.1, 0.15) is 68.7 Å². The smallest absolute Gasteiger partial charge is 0.253 e. The van der Waals surface area contributed by atoms with Crippen LogP contribution < -0.4 is 10.2 Å². The number of rotatable bonds is 13. The molecule has 40 heavy (non-hydrogen) atoms. The number of aryl methyl sites for hydroxylation is 1. The molecule has 1 unspecified atom stereocenters. The van der Waals surface area contributed by atoms with E-state index in [0.717, 1.165) is 66.2 Å². The number of hydrogen-bond donors (Lipinski definition) is 2. The third-order valence-electron chi connectivity index (χ3n) is 8.11. The highest BCUT2D eigenvalue weighted by Gasteiger charge is 2.36. The van der Waals surface area contributed by atoms with Crippen molar-refractivity contribution in [1.82, 2.24) is 14.2 Å². The summed E-state index contributed by atoms with van der Waals surface area (Å²) in [4.78, 5) is 21.4. The molecule has 9 heteroatoms. The average molecular weight is 572 g/mol. The zero-order chi connectivity index (χ0) is 27.6. The molecule has 2 aromatic heterocycles. The molecule has 2 fully saturated rings. The van der Waals surface area contributed by atoms with E-state index in [2.05, 4.69) is 61.9 Å². The Morgan fingerprint density at radius 1 is 1.15 bits per heavy atom. The van der Waals surface area contributed by atoms with Gasteiger partial charge in [0.05, 0.1) is 21.7 Å². The van der Waals surface area contributed by atoms with E-state index in [1.807, 2.05) is 35.0 Å². The number of anilines is 2. The molecule has 3 heterocycles. The molecule has 3 aromatic rings. The second kappa shape index (κ2) is 12.1. The first-order chi connectivity index (χ1) is 19.5. The molecule has 1 N–H and O–H groups in total. The van der Waals surface area contributed by atoms with Crippen LogP contribution >= 0.6 is 24.6 Å². The van der Waals surface area contributed by atoms with Gasteiger partial charge in [-0.3, -0.25) is 4.79 Å². The highest BCUT2D eigenvalue weighted by atomic mass is 32.2. The fourth-order valence-corrected chi connectivity index (χ4v) is 7.15. The molecular formula is C31H38BN5OS2. The molecule has 1 aromatic carbocycles. The second-order valence-corrected chi connectivity index (χ2v) is 13.0. The zero-order valence-electron chi connectivity index (χ0n) is 23.3. The Bertz CT molecular complexity index is 1400. The van der Waals surface area contributed by atoms with Crippen molar-refractivity contribution in [2.75, 3.05) is 16.8 Å². The van der Waals surface area contributed by atoms with Gasteiger partial charge in [-0.2, -0.15) is 5.10 Å². The Kier molecular flexibility index (Phi) is 8.31. The quantitative estimate of drug-likeness (QED) is 0.106. The maximum Gasteiger partial charge on any atom is 0.253 e. The molecule has 1 aliphatic heterocycles. The third kappa shape index (κ3) is 6.30. The molecule has 0 radical (unpaired) electrons. The molecule has 1 amide bonds. The predicted molar refractivity (Wildman–Crippen MR) is 171 cm³/mol. The summed E-state index contributed by atoms with van der Waals surface area (Å²) in [6, 6.07) is 12.8. The molecule has 6 rings (SSSR count). The minimum Gasteiger partial charge on any atom is -0.357 e. The summed E-state index contributed by atoms with van der Waals surface area (Å²) in [5, 5.41) is 8.63. The standard InChI is InChI=1S/C31H38BN5OS2/c1-20(13-14-32)31(38)36(15-4-2-3-7-25-18-27(21-9-10-21)37(39)35-25)26-8-5-6-23(16-26)24-17-28-29(33-19-24)34-30(40-28)22-11-12-22/h5-6,8,16-19,21-22,30,39H,1-4,7,9-15,32H2,(H,33,34). The van der Waals surface area contributed by atoms with E-state index in [1.54, 1.807) is 4.09 Å². The Morgan fingerprint density at radius 3 is 2.77 bits per heavy atom. The summed E-state index contributed by atoms with van der Waals surface area (Å²) in [5.41, 5.74) is 6.13. The predicted octanol–water partition coefficient (Wildman–Crippen LogP) is 6.51. The van der Waals surface area contributed by atoms with Gasteiger partial charge in [0.25, 0.3) is 5.91 Å². The van der Waals surface area contributed by atoms with Crippen LogP contribution in [-0.2, 0) is 11.2 Å². The maximum atomic E-state index is 13.5. The third-order valence-corrected chi connectivity index (χ3v) is 9.75. The Morgan fingerprint density at radius 2 is 2.00 bits per heavy atom. The second-order valence-electron chi connectivity index (χ2n) is 11.5. The van der Waals surface area contributed by atoms with Crippen molar-refractivity contribution >= 4 is 49.8 Å². The number of hydrogen-bond acceptors (Lipinski definition) is 6. The normalized spacial score (nSPS) is 17.9. The molecule has 0 spiro atoms. The summed E-state index contributed by atoms with van der Waals surface area (Å²) in [7, 11) is 2.09. The van der Waals surface area contributed by atoms with Crippen molar-refractivity contribution in [3.8, 4) is 11.1 Å². The zero-order valence-corrected chi connectivity index (χ0v) is 25.0. The van der Waals surface area contributed by atoms with Crippen LogP contribution in [0.25, 0.3) is 11.1 Å². The van der Waals surface area contributed by atoms with E-state index in [0.29, 0.717) is 29.8 Å². The van der Waals surface area contributed by atoms with Crippen LogP contribution in [0.3, 0.4) is 0 Å². The van der Waals surface area contributed by atoms with Crippen molar-refractivity contribution in [3.05, 3.63) is 66.1 Å². The summed E-state index contributed by atoms with van der Waals surface area (Å²) < 4.78 is 1.76. The number of fused-ring (bicyclic) bond motifs is 1. The van der Waals surface area contributed by atoms with Crippen LogP contribution in [0.4, 0.5) is 11.5 Å². The molecule has 2 saturated carbocycles. The van der Waals surface area contributed by atoms with Gasteiger partial charge >= 0.3 is 0 Å². The molecule has 6 nitrogen and oxygen atoms in total. The van der Waals surface area contributed by atoms with E-state index < -0.39 is 0 Å². The van der Waals surface area contributed by atoms with Crippen LogP contribution in [-0.4, -0.2) is 39.8 Å². The fraction of sp³-hybridized carbons (Fsp3) is 0.452. The number of unbranched alkanes of at least 4 members (excludes halogenated alkanes) is 2. The number of pyridine rings is 1. The van der Waals surface area contributed by atoms with Crippen LogP contribution in [0.15, 0.2) is 59.6 Å². The monoisotopic (exact) mass is 571 g/mol. The molecule has 0 saturated heterocycles. The number of carbonyl (C=O) groups is 1. The number of nitrogens with one attached hydrogen (secondary N) is 1. The first kappa shape index (κ1) is 27.5. The summed E-state index contributed by atoms with van der Waals surface area (Å²) in [6.45, 7) is 4.79. The van der Waals surface area contributed by atoms with E-state index in [1.165, 1.54) is 36.3 Å². The van der Waals surface area contributed by atoms with Gasteiger partial charge < -0.3 is 10.2 Å². The van der Waals surface area contributed by atoms with Crippen molar-refractivity contribution in [2.45, 2.75) is 80.3 Å². The van der Waals surface area contributed by atoms with Crippen molar-refractivity contribution in [3.63, 3.8) is 0 Å². The van der Waals surface area contributed by atoms with E-state index in [9.17, 15) is 4.79 Å².